The molecule has 4 heterocycles. The molecular formula is C30H35F2N5O2. The molecule has 1 aromatic carbocycles. The molecule has 1 atom stereocenters. The van der Waals surface area contributed by atoms with Crippen molar-refractivity contribution in [3.8, 4) is 0 Å². The fourth-order valence-corrected chi connectivity index (χ4v) is 5.44. The SMILES string of the molecule is Cc1cc(N2CC[C@@]3(CCN(Cc4ccc(/C(=N/OCC(C)(C)O)c5ccc(F)c(F)c5)nc4)C3)C2)ccn1. The molecule has 2 saturated heterocycles. The fourth-order valence-electron chi connectivity index (χ4n) is 5.44. The van der Waals surface area contributed by atoms with E-state index in [1.165, 1.54) is 24.6 Å². The summed E-state index contributed by atoms with van der Waals surface area (Å²) in [7, 11) is 0. The van der Waals surface area contributed by atoms with Crippen molar-refractivity contribution in [3.63, 3.8) is 0 Å². The Balaban J connectivity index is 1.26. The average molecular weight is 536 g/mol. The average Bonchev–Trinajstić information content (AvgIpc) is 3.50. The molecule has 0 aliphatic carbocycles. The van der Waals surface area contributed by atoms with Gasteiger partial charge < -0.3 is 14.8 Å². The number of anilines is 1. The summed E-state index contributed by atoms with van der Waals surface area (Å²) in [5, 5.41) is 14.1. The van der Waals surface area contributed by atoms with E-state index in [9.17, 15) is 13.9 Å². The Kier molecular flexibility index (Phi) is 7.64. The number of benzene rings is 1. The predicted molar refractivity (Wildman–Crippen MR) is 147 cm³/mol. The number of oxime groups is 1. The summed E-state index contributed by atoms with van der Waals surface area (Å²) in [6, 6.07) is 11.6. The van der Waals surface area contributed by atoms with Gasteiger partial charge in [-0.05, 0) is 82.1 Å². The number of pyridine rings is 2. The van der Waals surface area contributed by atoms with Crippen molar-refractivity contribution in [2.75, 3.05) is 37.7 Å². The molecular weight excluding hydrogens is 500 g/mol. The molecule has 0 bridgehead atoms. The predicted octanol–water partition coefficient (Wildman–Crippen LogP) is 4.71. The molecule has 39 heavy (non-hydrogen) atoms. The molecule has 2 aliphatic rings. The van der Waals surface area contributed by atoms with Crippen LogP contribution in [0.4, 0.5) is 14.5 Å². The molecule has 3 aromatic rings. The molecule has 0 unspecified atom stereocenters. The first-order valence-electron chi connectivity index (χ1n) is 13.3. The second-order valence-electron chi connectivity index (χ2n) is 11.5. The third-order valence-electron chi connectivity index (χ3n) is 7.44. The van der Waals surface area contributed by atoms with Crippen LogP contribution in [0.1, 0.15) is 49.2 Å². The first kappa shape index (κ1) is 27.1. The minimum absolute atomic E-state index is 0.0623. The maximum absolute atomic E-state index is 14.0. The first-order chi connectivity index (χ1) is 18.6. The van der Waals surface area contributed by atoms with Crippen molar-refractivity contribution in [1.29, 1.82) is 0 Å². The zero-order valence-electron chi connectivity index (χ0n) is 22.7. The van der Waals surface area contributed by atoms with Gasteiger partial charge in [-0.15, -0.1) is 0 Å². The summed E-state index contributed by atoms with van der Waals surface area (Å²) in [6.07, 6.45) is 6.03. The largest absolute Gasteiger partial charge is 0.392 e. The Bertz CT molecular complexity index is 1340. The molecule has 206 valence electrons. The third kappa shape index (κ3) is 6.59. The highest BCUT2D eigenvalue weighted by atomic mass is 19.2. The number of hydrogen-bond donors (Lipinski definition) is 1. The van der Waals surface area contributed by atoms with Crippen molar-refractivity contribution < 1.29 is 18.7 Å². The van der Waals surface area contributed by atoms with Crippen LogP contribution in [-0.2, 0) is 11.4 Å². The standard InChI is InChI=1S/C30H35F2N5O2/c1-21-14-24(8-11-33-21)37-13-10-30(19-37)9-12-36(18-30)17-22-4-7-27(34-16-22)28(35-39-20-29(2,3)38)23-5-6-25(31)26(32)15-23/h4-8,11,14-16,38H,9-10,12-13,17-20H2,1-3H3/b35-28+/t30-/m1/s1. The maximum Gasteiger partial charge on any atom is 0.159 e. The molecule has 5 rings (SSSR count). The van der Waals surface area contributed by atoms with E-state index in [1.54, 1.807) is 20.0 Å². The molecule has 1 N–H and O–H groups in total. The van der Waals surface area contributed by atoms with E-state index in [0.29, 0.717) is 16.7 Å². The second-order valence-corrected chi connectivity index (χ2v) is 11.5. The van der Waals surface area contributed by atoms with Gasteiger partial charge >= 0.3 is 0 Å². The molecule has 0 saturated carbocycles. The molecule has 2 fully saturated rings. The van der Waals surface area contributed by atoms with Gasteiger partial charge in [-0.1, -0.05) is 11.2 Å². The van der Waals surface area contributed by atoms with E-state index in [1.807, 2.05) is 25.3 Å². The van der Waals surface area contributed by atoms with Crippen LogP contribution in [0.15, 0.2) is 60.0 Å². The molecule has 1 spiro atoms. The molecule has 7 nitrogen and oxygen atoms in total. The van der Waals surface area contributed by atoms with Crippen molar-refractivity contribution in [2.24, 2.45) is 10.6 Å². The van der Waals surface area contributed by atoms with Gasteiger partial charge in [-0.3, -0.25) is 14.9 Å². The highest BCUT2D eigenvalue weighted by Gasteiger charge is 2.43. The van der Waals surface area contributed by atoms with Gasteiger partial charge in [0.2, 0.25) is 0 Å². The van der Waals surface area contributed by atoms with E-state index >= 15 is 0 Å². The van der Waals surface area contributed by atoms with Gasteiger partial charge in [0.1, 0.15) is 12.3 Å². The number of rotatable bonds is 8. The topological polar surface area (TPSA) is 74.1 Å². The second kappa shape index (κ2) is 11.0. The van der Waals surface area contributed by atoms with Gasteiger partial charge in [0.25, 0.3) is 0 Å². The van der Waals surface area contributed by atoms with Crippen LogP contribution in [0.2, 0.25) is 0 Å². The van der Waals surface area contributed by atoms with Crippen LogP contribution >= 0.6 is 0 Å². The van der Waals surface area contributed by atoms with Crippen LogP contribution in [0.25, 0.3) is 0 Å². The Labute approximate surface area is 228 Å². The lowest BCUT2D eigenvalue weighted by Crippen LogP contribution is -2.30. The van der Waals surface area contributed by atoms with Crippen LogP contribution in [0, 0.1) is 24.0 Å². The first-order valence-corrected chi connectivity index (χ1v) is 13.3. The van der Waals surface area contributed by atoms with Gasteiger partial charge in [0.05, 0.1) is 11.3 Å². The Morgan fingerprint density at radius 3 is 2.59 bits per heavy atom. The minimum Gasteiger partial charge on any atom is -0.392 e. The number of aromatic nitrogens is 2. The molecule has 9 heteroatoms. The molecule has 0 radical (unpaired) electrons. The third-order valence-corrected chi connectivity index (χ3v) is 7.44. The van der Waals surface area contributed by atoms with Crippen LogP contribution < -0.4 is 4.90 Å². The lowest BCUT2D eigenvalue weighted by atomic mass is 9.86. The fraction of sp³-hybridized carbons (Fsp3) is 0.433. The number of nitrogens with zero attached hydrogens (tertiary/aromatic N) is 5. The molecule has 2 aliphatic heterocycles. The van der Waals surface area contributed by atoms with Crippen LogP contribution in [0.3, 0.4) is 0 Å². The lowest BCUT2D eigenvalue weighted by Gasteiger charge is -2.26. The highest BCUT2D eigenvalue weighted by molar-refractivity contribution is 6.11. The highest BCUT2D eigenvalue weighted by Crippen LogP contribution is 2.41. The summed E-state index contributed by atoms with van der Waals surface area (Å²) in [5.41, 5.74) is 3.63. The Morgan fingerprint density at radius 2 is 1.87 bits per heavy atom. The van der Waals surface area contributed by atoms with E-state index < -0.39 is 17.2 Å². The van der Waals surface area contributed by atoms with Crippen molar-refractivity contribution in [3.05, 3.63) is 89.0 Å². The summed E-state index contributed by atoms with van der Waals surface area (Å²) in [4.78, 5) is 19.2. The van der Waals surface area contributed by atoms with E-state index in [4.69, 9.17) is 4.84 Å². The van der Waals surface area contributed by atoms with Crippen molar-refractivity contribution >= 4 is 11.4 Å². The Hall–Kier alpha value is -3.43. The van der Waals surface area contributed by atoms with Gasteiger partial charge in [-0.2, -0.15) is 0 Å². The van der Waals surface area contributed by atoms with E-state index in [2.05, 4.69) is 37.1 Å². The number of aryl methyl sites for hydroxylation is 1. The summed E-state index contributed by atoms with van der Waals surface area (Å²) < 4.78 is 27.5. The van der Waals surface area contributed by atoms with Crippen LogP contribution in [0.5, 0.6) is 0 Å². The van der Waals surface area contributed by atoms with Crippen LogP contribution in [-0.4, -0.2) is 64.1 Å². The van der Waals surface area contributed by atoms with Gasteiger partial charge in [0, 0.05) is 60.9 Å². The summed E-state index contributed by atoms with van der Waals surface area (Å²) >= 11 is 0. The van der Waals surface area contributed by atoms with E-state index in [-0.39, 0.29) is 12.3 Å². The van der Waals surface area contributed by atoms with Gasteiger partial charge in [-0.25, -0.2) is 8.78 Å². The number of likely N-dealkylation sites (tertiary alicyclic amines) is 1. The monoisotopic (exact) mass is 535 g/mol. The summed E-state index contributed by atoms with van der Waals surface area (Å²) in [5.74, 6) is -1.92. The number of hydrogen-bond acceptors (Lipinski definition) is 7. The van der Waals surface area contributed by atoms with Crippen molar-refractivity contribution in [2.45, 2.75) is 45.8 Å². The Morgan fingerprint density at radius 1 is 1.05 bits per heavy atom. The zero-order chi connectivity index (χ0) is 27.6. The van der Waals surface area contributed by atoms with Crippen molar-refractivity contribution in [1.82, 2.24) is 14.9 Å². The quantitative estimate of drug-likeness (QED) is 0.333. The summed E-state index contributed by atoms with van der Waals surface area (Å²) in [6.45, 7) is 10.2. The number of halogens is 2. The number of aliphatic hydroxyl groups is 1. The van der Waals surface area contributed by atoms with Gasteiger partial charge in [0.15, 0.2) is 11.6 Å². The molecule has 2 aromatic heterocycles. The maximum atomic E-state index is 14.0. The molecule has 0 amide bonds. The normalized spacial score (nSPS) is 20.3. The lowest BCUT2D eigenvalue weighted by molar-refractivity contribution is -0.0189. The minimum atomic E-state index is -1.10. The smallest absolute Gasteiger partial charge is 0.159 e. The van der Waals surface area contributed by atoms with E-state index in [0.717, 1.165) is 56.1 Å². The zero-order valence-corrected chi connectivity index (χ0v) is 22.7.